The number of nitrogens with one attached hydrogen (secondary N) is 1. The molecule has 0 aliphatic rings. The van der Waals surface area contributed by atoms with E-state index in [9.17, 15) is 13.2 Å². The van der Waals surface area contributed by atoms with Crippen LogP contribution in [0, 0.1) is 0 Å². The molecule has 174 valence electrons. The molecule has 3 aromatic carbocycles. The van der Waals surface area contributed by atoms with Crippen LogP contribution < -0.4 is 19.1 Å². The quantitative estimate of drug-likeness (QED) is 0.434. The first-order valence-corrected chi connectivity index (χ1v) is 12.6. The number of rotatable bonds is 9. The Morgan fingerprint density at radius 3 is 2.27 bits per heavy atom. The van der Waals surface area contributed by atoms with Gasteiger partial charge in [0.15, 0.2) is 11.5 Å². The van der Waals surface area contributed by atoms with Crippen LogP contribution in [0.25, 0.3) is 0 Å². The third-order valence-corrected chi connectivity index (χ3v) is 7.68. The Balaban J connectivity index is 1.80. The SMILES string of the molecule is CCSc1ccccc1NC(=O)c1ccc(N(C)S(=O)(=O)c2ccc(OC)c(OC)c2)cc1. The highest BCUT2D eigenvalue weighted by Gasteiger charge is 2.23. The summed E-state index contributed by atoms with van der Waals surface area (Å²) in [7, 11) is 0.538. The maximum atomic E-state index is 13.1. The summed E-state index contributed by atoms with van der Waals surface area (Å²) in [6.07, 6.45) is 0. The third-order valence-electron chi connectivity index (χ3n) is 4.94. The summed E-state index contributed by atoms with van der Waals surface area (Å²) in [5.74, 6) is 1.38. The summed E-state index contributed by atoms with van der Waals surface area (Å²) in [6.45, 7) is 2.05. The molecule has 0 aliphatic heterocycles. The van der Waals surface area contributed by atoms with Crippen molar-refractivity contribution in [2.45, 2.75) is 16.7 Å². The van der Waals surface area contributed by atoms with E-state index < -0.39 is 10.0 Å². The van der Waals surface area contributed by atoms with Gasteiger partial charge in [0.2, 0.25) is 0 Å². The van der Waals surface area contributed by atoms with E-state index in [-0.39, 0.29) is 10.8 Å². The van der Waals surface area contributed by atoms with E-state index in [2.05, 4.69) is 12.2 Å². The van der Waals surface area contributed by atoms with Gasteiger partial charge in [0.25, 0.3) is 15.9 Å². The minimum absolute atomic E-state index is 0.0644. The molecule has 0 unspecified atom stereocenters. The van der Waals surface area contributed by atoms with E-state index in [1.165, 1.54) is 33.4 Å². The fraction of sp³-hybridized carbons (Fsp3) is 0.208. The second-order valence-corrected chi connectivity index (χ2v) is 10.2. The number of ether oxygens (including phenoxy) is 2. The predicted octanol–water partition coefficient (Wildman–Crippen LogP) is 4.89. The molecule has 0 aromatic heterocycles. The normalized spacial score (nSPS) is 11.0. The molecular weight excluding hydrogens is 460 g/mol. The number of methoxy groups -OCH3 is 2. The van der Waals surface area contributed by atoms with E-state index in [0.29, 0.717) is 22.7 Å². The molecule has 3 rings (SSSR count). The Kier molecular flexibility index (Phi) is 7.88. The van der Waals surface area contributed by atoms with Crippen molar-refractivity contribution < 1.29 is 22.7 Å². The number of carbonyl (C=O) groups is 1. The molecule has 0 spiro atoms. The van der Waals surface area contributed by atoms with Crippen molar-refractivity contribution in [3.63, 3.8) is 0 Å². The average molecular weight is 487 g/mol. The first-order valence-electron chi connectivity index (χ1n) is 10.2. The molecule has 0 atom stereocenters. The lowest BCUT2D eigenvalue weighted by molar-refractivity contribution is 0.102. The standard InChI is InChI=1S/C24H26N2O5S2/c1-5-32-23-9-7-6-8-20(23)25-24(27)17-10-12-18(13-11-17)26(2)33(28,29)19-14-15-21(30-3)22(16-19)31-4/h6-16H,5H2,1-4H3,(H,25,27). The van der Waals surface area contributed by atoms with Gasteiger partial charge in [-0.3, -0.25) is 9.10 Å². The van der Waals surface area contributed by atoms with Crippen molar-refractivity contribution in [3.8, 4) is 11.5 Å². The predicted molar refractivity (Wildman–Crippen MR) is 132 cm³/mol. The Hall–Kier alpha value is -3.17. The summed E-state index contributed by atoms with van der Waals surface area (Å²) in [5.41, 5.74) is 1.59. The molecule has 1 amide bonds. The Bertz CT molecular complexity index is 1230. The highest BCUT2D eigenvalue weighted by atomic mass is 32.2. The van der Waals surface area contributed by atoms with Crippen LogP contribution in [0.2, 0.25) is 0 Å². The largest absolute Gasteiger partial charge is 0.493 e. The first kappa shape index (κ1) is 24.5. The molecule has 0 radical (unpaired) electrons. The number of hydrogen-bond donors (Lipinski definition) is 1. The molecule has 3 aromatic rings. The lowest BCUT2D eigenvalue weighted by atomic mass is 10.2. The van der Waals surface area contributed by atoms with Gasteiger partial charge in [-0.15, -0.1) is 11.8 Å². The maximum absolute atomic E-state index is 13.1. The first-order chi connectivity index (χ1) is 15.8. The van der Waals surface area contributed by atoms with Gasteiger partial charge in [-0.1, -0.05) is 19.1 Å². The minimum atomic E-state index is -3.85. The number of benzene rings is 3. The molecule has 33 heavy (non-hydrogen) atoms. The zero-order valence-electron chi connectivity index (χ0n) is 18.9. The number of amides is 1. The number of para-hydroxylation sites is 1. The van der Waals surface area contributed by atoms with Crippen molar-refractivity contribution in [1.29, 1.82) is 0 Å². The number of carbonyl (C=O) groups excluding carboxylic acids is 1. The van der Waals surface area contributed by atoms with E-state index in [4.69, 9.17) is 9.47 Å². The highest BCUT2D eigenvalue weighted by molar-refractivity contribution is 7.99. The summed E-state index contributed by atoms with van der Waals surface area (Å²) in [6, 6.07) is 18.4. The molecule has 0 aliphatic carbocycles. The number of thioether (sulfide) groups is 1. The Morgan fingerprint density at radius 2 is 1.64 bits per heavy atom. The topological polar surface area (TPSA) is 84.9 Å². The van der Waals surface area contributed by atoms with E-state index >= 15 is 0 Å². The number of nitrogens with zero attached hydrogens (tertiary/aromatic N) is 1. The van der Waals surface area contributed by atoms with Gasteiger partial charge < -0.3 is 14.8 Å². The third kappa shape index (κ3) is 5.43. The summed E-state index contributed by atoms with van der Waals surface area (Å²) in [4.78, 5) is 13.8. The number of sulfonamides is 1. The number of hydrogen-bond acceptors (Lipinski definition) is 6. The molecule has 7 nitrogen and oxygen atoms in total. The molecule has 0 bridgehead atoms. The molecule has 0 saturated heterocycles. The summed E-state index contributed by atoms with van der Waals surface area (Å²) >= 11 is 1.65. The molecule has 0 saturated carbocycles. The van der Waals surface area contributed by atoms with Crippen LogP contribution in [0.5, 0.6) is 11.5 Å². The van der Waals surface area contributed by atoms with Gasteiger partial charge in [0, 0.05) is 23.6 Å². The van der Waals surface area contributed by atoms with Crippen LogP contribution in [0.4, 0.5) is 11.4 Å². The van der Waals surface area contributed by atoms with Crippen molar-refractivity contribution in [1.82, 2.24) is 0 Å². The van der Waals surface area contributed by atoms with E-state index in [1.54, 1.807) is 42.1 Å². The molecule has 0 heterocycles. The molecule has 1 N–H and O–H groups in total. The van der Waals surface area contributed by atoms with Gasteiger partial charge in [0.05, 0.1) is 30.5 Å². The van der Waals surface area contributed by atoms with Crippen molar-refractivity contribution in [2.24, 2.45) is 0 Å². The maximum Gasteiger partial charge on any atom is 0.264 e. The smallest absolute Gasteiger partial charge is 0.264 e. The molecular formula is C24H26N2O5S2. The molecule has 9 heteroatoms. The number of anilines is 2. The van der Waals surface area contributed by atoms with Crippen LogP contribution in [-0.2, 0) is 10.0 Å². The van der Waals surface area contributed by atoms with Gasteiger partial charge >= 0.3 is 0 Å². The Morgan fingerprint density at radius 1 is 0.970 bits per heavy atom. The second-order valence-electron chi connectivity index (χ2n) is 6.92. The van der Waals surface area contributed by atoms with Crippen molar-refractivity contribution in [3.05, 3.63) is 72.3 Å². The van der Waals surface area contributed by atoms with Gasteiger partial charge in [-0.05, 0) is 54.3 Å². The lowest BCUT2D eigenvalue weighted by Gasteiger charge is -2.20. The van der Waals surface area contributed by atoms with Gasteiger partial charge in [-0.2, -0.15) is 0 Å². The zero-order valence-corrected chi connectivity index (χ0v) is 20.5. The van der Waals surface area contributed by atoms with Crippen LogP contribution in [0.1, 0.15) is 17.3 Å². The summed E-state index contributed by atoms with van der Waals surface area (Å²) < 4.78 is 37.8. The van der Waals surface area contributed by atoms with Crippen LogP contribution in [0.15, 0.2) is 76.5 Å². The average Bonchev–Trinajstić information content (AvgIpc) is 2.84. The van der Waals surface area contributed by atoms with Crippen LogP contribution in [0.3, 0.4) is 0 Å². The fourth-order valence-electron chi connectivity index (χ4n) is 3.14. The monoisotopic (exact) mass is 486 g/mol. The van der Waals surface area contributed by atoms with Crippen LogP contribution >= 0.6 is 11.8 Å². The van der Waals surface area contributed by atoms with Gasteiger partial charge in [0.1, 0.15) is 0 Å². The van der Waals surface area contributed by atoms with Gasteiger partial charge in [-0.25, -0.2) is 8.42 Å². The van der Waals surface area contributed by atoms with Crippen molar-refractivity contribution >= 4 is 39.1 Å². The highest BCUT2D eigenvalue weighted by Crippen LogP contribution is 2.32. The lowest BCUT2D eigenvalue weighted by Crippen LogP contribution is -2.26. The molecule has 0 fully saturated rings. The fourth-order valence-corrected chi connectivity index (χ4v) is 5.11. The van der Waals surface area contributed by atoms with Crippen LogP contribution in [-0.4, -0.2) is 41.3 Å². The van der Waals surface area contributed by atoms with Crippen molar-refractivity contribution in [2.75, 3.05) is 36.6 Å². The minimum Gasteiger partial charge on any atom is -0.493 e. The van der Waals surface area contributed by atoms with E-state index in [0.717, 1.165) is 20.6 Å². The van der Waals surface area contributed by atoms with E-state index in [1.807, 2.05) is 24.3 Å². The summed E-state index contributed by atoms with van der Waals surface area (Å²) in [5, 5.41) is 2.92. The second kappa shape index (κ2) is 10.6. The zero-order chi connectivity index (χ0) is 24.0. The Labute approximate surface area is 198 Å².